The minimum Gasteiger partial charge on any atom is -0.484 e. The van der Waals surface area contributed by atoms with E-state index in [4.69, 9.17) is 28.6 Å². The van der Waals surface area contributed by atoms with Crippen LogP contribution >= 0.6 is 23.8 Å². The van der Waals surface area contributed by atoms with Gasteiger partial charge in [0.05, 0.1) is 4.92 Å². The number of hydrazine groups is 1. The van der Waals surface area contributed by atoms with E-state index in [0.717, 1.165) is 6.07 Å². The van der Waals surface area contributed by atoms with Crippen LogP contribution in [0.2, 0.25) is 5.02 Å². The molecule has 0 aliphatic rings. The van der Waals surface area contributed by atoms with Gasteiger partial charge in [0.2, 0.25) is 0 Å². The van der Waals surface area contributed by atoms with Crippen LogP contribution < -0.4 is 20.9 Å². The Kier molecular flexibility index (Phi) is 7.03. The number of nitrogens with zero attached hydrogens (tertiary/aromatic N) is 1. The number of hydrogen-bond acceptors (Lipinski definition) is 6. The van der Waals surface area contributed by atoms with Crippen molar-refractivity contribution < 1.29 is 19.2 Å². The van der Waals surface area contributed by atoms with E-state index in [1.165, 1.54) is 12.1 Å². The number of thiocarbonyl (C=S) groups is 1. The third kappa shape index (κ3) is 6.20. The molecule has 0 aliphatic carbocycles. The Morgan fingerprint density at radius 2 is 1.85 bits per heavy atom. The van der Waals surface area contributed by atoms with Gasteiger partial charge in [-0.25, -0.2) is 0 Å². The summed E-state index contributed by atoms with van der Waals surface area (Å²) in [5, 5.41) is 12.9. The zero-order chi connectivity index (χ0) is 19.8. The molecular formula is C16H13ClN4O5S. The summed E-state index contributed by atoms with van der Waals surface area (Å²) in [6.45, 7) is -0.275. The summed E-state index contributed by atoms with van der Waals surface area (Å²) in [7, 11) is 0. The summed E-state index contributed by atoms with van der Waals surface area (Å²) in [6, 6.07) is 12.3. The van der Waals surface area contributed by atoms with Gasteiger partial charge in [-0.2, -0.15) is 0 Å². The van der Waals surface area contributed by atoms with Crippen molar-refractivity contribution in [2.45, 2.75) is 0 Å². The molecule has 2 aromatic rings. The quantitative estimate of drug-likeness (QED) is 0.392. The van der Waals surface area contributed by atoms with Crippen molar-refractivity contribution in [3.8, 4) is 5.75 Å². The first-order chi connectivity index (χ1) is 12.9. The zero-order valence-corrected chi connectivity index (χ0v) is 15.2. The maximum atomic E-state index is 12.0. The molecular weight excluding hydrogens is 396 g/mol. The summed E-state index contributed by atoms with van der Waals surface area (Å²) in [5.74, 6) is -0.719. The van der Waals surface area contributed by atoms with E-state index < -0.39 is 22.4 Å². The van der Waals surface area contributed by atoms with Crippen molar-refractivity contribution in [3.05, 3.63) is 69.2 Å². The van der Waals surface area contributed by atoms with Gasteiger partial charge in [-0.05, 0) is 36.5 Å². The van der Waals surface area contributed by atoms with Crippen LogP contribution in [0.1, 0.15) is 10.4 Å². The highest BCUT2D eigenvalue weighted by molar-refractivity contribution is 7.80. The molecule has 9 nitrogen and oxygen atoms in total. The van der Waals surface area contributed by atoms with E-state index in [1.807, 2.05) is 6.07 Å². The molecule has 0 aromatic heterocycles. The van der Waals surface area contributed by atoms with Gasteiger partial charge in [0.1, 0.15) is 10.8 Å². The van der Waals surface area contributed by atoms with Crippen LogP contribution in [0.3, 0.4) is 0 Å². The van der Waals surface area contributed by atoms with Gasteiger partial charge in [-0.3, -0.25) is 35.9 Å². The topological polar surface area (TPSA) is 123 Å². The number of hydrogen-bond donors (Lipinski definition) is 3. The average molecular weight is 409 g/mol. The van der Waals surface area contributed by atoms with Crippen molar-refractivity contribution in [3.63, 3.8) is 0 Å². The Balaban J connectivity index is 1.81. The largest absolute Gasteiger partial charge is 0.484 e. The molecule has 2 amide bonds. The Bertz CT molecular complexity index is 878. The molecule has 0 saturated carbocycles. The Hall–Kier alpha value is -3.24. The molecule has 0 spiro atoms. The Morgan fingerprint density at radius 1 is 1.15 bits per heavy atom. The number of nitro groups is 1. The van der Waals surface area contributed by atoms with E-state index in [1.54, 1.807) is 24.3 Å². The van der Waals surface area contributed by atoms with Crippen LogP contribution in [0.15, 0.2) is 48.5 Å². The number of amides is 2. The lowest BCUT2D eigenvalue weighted by Crippen LogP contribution is -2.49. The molecule has 0 atom stereocenters. The smallest absolute Gasteiger partial charge is 0.288 e. The summed E-state index contributed by atoms with van der Waals surface area (Å²) in [4.78, 5) is 33.9. The molecule has 3 N–H and O–H groups in total. The molecule has 0 radical (unpaired) electrons. The fourth-order valence-electron chi connectivity index (χ4n) is 1.84. The molecule has 0 bridgehead atoms. The zero-order valence-electron chi connectivity index (χ0n) is 13.6. The van der Waals surface area contributed by atoms with Gasteiger partial charge in [0.25, 0.3) is 17.5 Å². The summed E-state index contributed by atoms with van der Waals surface area (Å²) in [5.41, 5.74) is 4.11. The van der Waals surface area contributed by atoms with Crippen LogP contribution in [-0.2, 0) is 4.79 Å². The fraction of sp³-hybridized carbons (Fsp3) is 0.0625. The number of nitrogens with one attached hydrogen (secondary N) is 3. The number of halogens is 1. The van der Waals surface area contributed by atoms with Crippen LogP contribution in [0.5, 0.6) is 5.75 Å². The highest BCUT2D eigenvalue weighted by Crippen LogP contribution is 2.24. The Labute approximate surface area is 163 Å². The lowest BCUT2D eigenvalue weighted by atomic mass is 10.2. The normalized spacial score (nSPS) is 9.81. The predicted octanol–water partition coefficient (Wildman–Crippen LogP) is 1.96. The number of carbonyl (C=O) groups excluding carboxylic acids is 2. The SMILES string of the molecule is O=C(COc1ccccc1)NC(=S)NNC(=O)c1ccc(Cl)c([N+](=O)[O-])c1. The van der Waals surface area contributed by atoms with E-state index in [-0.39, 0.29) is 22.3 Å². The van der Waals surface area contributed by atoms with Crippen molar-refractivity contribution in [2.75, 3.05) is 6.61 Å². The van der Waals surface area contributed by atoms with E-state index in [2.05, 4.69) is 16.2 Å². The average Bonchev–Trinajstić information content (AvgIpc) is 2.65. The van der Waals surface area contributed by atoms with Crippen molar-refractivity contribution in [1.82, 2.24) is 16.2 Å². The second-order valence-corrected chi connectivity index (χ2v) is 5.80. The predicted molar refractivity (Wildman–Crippen MR) is 101 cm³/mol. The van der Waals surface area contributed by atoms with Crippen LogP contribution in [0.4, 0.5) is 5.69 Å². The molecule has 0 aliphatic heterocycles. The van der Waals surface area contributed by atoms with Crippen molar-refractivity contribution in [2.24, 2.45) is 0 Å². The fourth-order valence-corrected chi connectivity index (χ4v) is 2.19. The number of nitro benzene ring substituents is 1. The van der Waals surface area contributed by atoms with E-state index in [0.29, 0.717) is 5.75 Å². The molecule has 0 heterocycles. The minimum absolute atomic E-state index is 0.0138. The van der Waals surface area contributed by atoms with Gasteiger partial charge >= 0.3 is 0 Å². The van der Waals surface area contributed by atoms with Crippen molar-refractivity contribution in [1.29, 1.82) is 0 Å². The first-order valence-electron chi connectivity index (χ1n) is 7.39. The number of ether oxygens (including phenoxy) is 1. The summed E-state index contributed by atoms with van der Waals surface area (Å²) in [6.07, 6.45) is 0. The first-order valence-corrected chi connectivity index (χ1v) is 8.17. The lowest BCUT2D eigenvalue weighted by molar-refractivity contribution is -0.384. The van der Waals surface area contributed by atoms with Gasteiger partial charge in [-0.1, -0.05) is 29.8 Å². The molecule has 0 fully saturated rings. The molecule has 2 rings (SSSR count). The van der Waals surface area contributed by atoms with Gasteiger partial charge in [-0.15, -0.1) is 0 Å². The number of carbonyl (C=O) groups is 2. The molecule has 0 unspecified atom stereocenters. The molecule has 0 saturated heterocycles. The standard InChI is InChI=1S/C16H13ClN4O5S/c17-12-7-6-10(8-13(12)21(24)25)15(23)19-20-16(27)18-14(22)9-26-11-4-2-1-3-5-11/h1-8H,9H2,(H,19,23)(H2,18,20,22,27). The summed E-state index contributed by atoms with van der Waals surface area (Å²) < 4.78 is 5.25. The molecule has 11 heteroatoms. The third-order valence-corrected chi connectivity index (χ3v) is 3.58. The Morgan fingerprint density at radius 3 is 2.52 bits per heavy atom. The van der Waals surface area contributed by atoms with E-state index >= 15 is 0 Å². The molecule has 140 valence electrons. The monoisotopic (exact) mass is 408 g/mol. The highest BCUT2D eigenvalue weighted by Gasteiger charge is 2.16. The minimum atomic E-state index is -0.704. The molecule has 27 heavy (non-hydrogen) atoms. The van der Waals surface area contributed by atoms with Crippen LogP contribution in [0.25, 0.3) is 0 Å². The van der Waals surface area contributed by atoms with Crippen molar-refractivity contribution >= 4 is 46.4 Å². The second-order valence-electron chi connectivity index (χ2n) is 4.98. The van der Waals surface area contributed by atoms with Gasteiger partial charge in [0.15, 0.2) is 11.7 Å². The third-order valence-electron chi connectivity index (χ3n) is 3.06. The first kappa shape index (κ1) is 20.1. The molecule has 2 aromatic carbocycles. The highest BCUT2D eigenvalue weighted by atomic mass is 35.5. The van der Waals surface area contributed by atoms with Gasteiger partial charge < -0.3 is 4.74 Å². The maximum Gasteiger partial charge on any atom is 0.288 e. The maximum absolute atomic E-state index is 12.0. The number of benzene rings is 2. The number of para-hydroxylation sites is 1. The summed E-state index contributed by atoms with van der Waals surface area (Å²) >= 11 is 10.6. The van der Waals surface area contributed by atoms with Crippen LogP contribution in [0, 0.1) is 10.1 Å². The van der Waals surface area contributed by atoms with Crippen LogP contribution in [-0.4, -0.2) is 28.5 Å². The second kappa shape index (κ2) is 9.46. The number of rotatable bonds is 5. The van der Waals surface area contributed by atoms with E-state index in [9.17, 15) is 19.7 Å². The van der Waals surface area contributed by atoms with Gasteiger partial charge in [0, 0.05) is 11.6 Å². The lowest BCUT2D eigenvalue weighted by Gasteiger charge is -2.11.